The van der Waals surface area contributed by atoms with Gasteiger partial charge in [-0.3, -0.25) is 4.79 Å². The number of carbonyl (C=O) groups excluding carboxylic acids is 1. The SMILES string of the molecule is CC(C)CC(CN)C(=O)NC1CCCCC1C(C)C. The molecule has 3 nitrogen and oxygen atoms in total. The lowest BCUT2D eigenvalue weighted by atomic mass is 9.77. The first-order chi connectivity index (χ1) is 8.95. The fraction of sp³-hybridized carbons (Fsp3) is 0.938. The molecule has 19 heavy (non-hydrogen) atoms. The predicted molar refractivity (Wildman–Crippen MR) is 80.7 cm³/mol. The van der Waals surface area contributed by atoms with Gasteiger partial charge in [0.25, 0.3) is 0 Å². The Kier molecular flexibility index (Phi) is 6.84. The molecule has 1 fully saturated rings. The lowest BCUT2D eigenvalue weighted by Gasteiger charge is -2.35. The van der Waals surface area contributed by atoms with E-state index in [-0.39, 0.29) is 11.8 Å². The topological polar surface area (TPSA) is 55.1 Å². The number of nitrogens with two attached hydrogens (primary N) is 1. The standard InChI is InChI=1S/C16H32N2O/c1-11(2)9-13(10-17)16(19)18-15-8-6-5-7-14(15)12(3)4/h11-15H,5-10,17H2,1-4H3,(H,18,19). The van der Waals surface area contributed by atoms with Crippen LogP contribution in [-0.2, 0) is 4.79 Å². The molecule has 1 rings (SSSR count). The van der Waals surface area contributed by atoms with Gasteiger partial charge in [0.15, 0.2) is 0 Å². The van der Waals surface area contributed by atoms with Gasteiger partial charge in [-0.1, -0.05) is 40.5 Å². The fourth-order valence-corrected chi connectivity index (χ4v) is 3.32. The van der Waals surface area contributed by atoms with Gasteiger partial charge in [0.2, 0.25) is 5.91 Å². The predicted octanol–water partition coefficient (Wildman–Crippen LogP) is 2.94. The van der Waals surface area contributed by atoms with Gasteiger partial charge in [0, 0.05) is 12.6 Å². The van der Waals surface area contributed by atoms with E-state index in [0.717, 1.165) is 12.8 Å². The molecule has 1 amide bonds. The van der Waals surface area contributed by atoms with Crippen LogP contribution in [0.2, 0.25) is 0 Å². The fourth-order valence-electron chi connectivity index (χ4n) is 3.32. The normalized spacial score (nSPS) is 25.6. The van der Waals surface area contributed by atoms with Crippen LogP contribution in [0.15, 0.2) is 0 Å². The zero-order valence-electron chi connectivity index (χ0n) is 13.1. The Morgan fingerprint density at radius 1 is 1.21 bits per heavy atom. The van der Waals surface area contributed by atoms with Crippen molar-refractivity contribution in [3.63, 3.8) is 0 Å². The number of amides is 1. The first kappa shape index (κ1) is 16.5. The van der Waals surface area contributed by atoms with Gasteiger partial charge in [-0.05, 0) is 37.0 Å². The Morgan fingerprint density at radius 2 is 1.84 bits per heavy atom. The quantitative estimate of drug-likeness (QED) is 0.778. The molecule has 1 aliphatic carbocycles. The molecular weight excluding hydrogens is 236 g/mol. The van der Waals surface area contributed by atoms with Gasteiger partial charge >= 0.3 is 0 Å². The van der Waals surface area contributed by atoms with Crippen LogP contribution < -0.4 is 11.1 Å². The van der Waals surface area contributed by atoms with Gasteiger partial charge in [-0.15, -0.1) is 0 Å². The van der Waals surface area contributed by atoms with E-state index in [4.69, 9.17) is 5.73 Å². The molecule has 0 aliphatic heterocycles. The third-order valence-electron chi connectivity index (χ3n) is 4.41. The molecule has 3 unspecified atom stereocenters. The van der Waals surface area contributed by atoms with E-state index < -0.39 is 0 Å². The Balaban J connectivity index is 2.57. The monoisotopic (exact) mass is 268 g/mol. The summed E-state index contributed by atoms with van der Waals surface area (Å²) in [6.45, 7) is 9.29. The van der Waals surface area contributed by atoms with Gasteiger partial charge in [0.1, 0.15) is 0 Å². The molecular formula is C16H32N2O. The minimum atomic E-state index is -0.0188. The molecule has 0 heterocycles. The Morgan fingerprint density at radius 3 is 2.37 bits per heavy atom. The smallest absolute Gasteiger partial charge is 0.224 e. The van der Waals surface area contributed by atoms with Crippen LogP contribution in [0.5, 0.6) is 0 Å². The van der Waals surface area contributed by atoms with Crippen molar-refractivity contribution in [3.05, 3.63) is 0 Å². The van der Waals surface area contributed by atoms with Crippen molar-refractivity contribution in [1.29, 1.82) is 0 Å². The average Bonchev–Trinajstić information content (AvgIpc) is 2.35. The number of nitrogens with one attached hydrogen (secondary N) is 1. The summed E-state index contributed by atoms with van der Waals surface area (Å²) in [6, 6.07) is 0.363. The van der Waals surface area contributed by atoms with Crippen molar-refractivity contribution >= 4 is 5.91 Å². The largest absolute Gasteiger partial charge is 0.353 e. The summed E-state index contributed by atoms with van der Waals surface area (Å²) in [7, 11) is 0. The van der Waals surface area contributed by atoms with Crippen LogP contribution >= 0.6 is 0 Å². The van der Waals surface area contributed by atoms with Gasteiger partial charge < -0.3 is 11.1 Å². The lowest BCUT2D eigenvalue weighted by Crippen LogP contribution is -2.47. The van der Waals surface area contributed by atoms with E-state index in [1.165, 1.54) is 19.3 Å². The summed E-state index contributed by atoms with van der Waals surface area (Å²) in [5.74, 6) is 1.96. The highest BCUT2D eigenvalue weighted by atomic mass is 16.2. The van der Waals surface area contributed by atoms with Crippen molar-refractivity contribution in [1.82, 2.24) is 5.32 Å². The number of hydrogen-bond acceptors (Lipinski definition) is 2. The van der Waals surface area contributed by atoms with Crippen molar-refractivity contribution in [2.24, 2.45) is 29.4 Å². The highest BCUT2D eigenvalue weighted by Gasteiger charge is 2.30. The summed E-state index contributed by atoms with van der Waals surface area (Å²) in [5.41, 5.74) is 5.76. The van der Waals surface area contributed by atoms with E-state index in [0.29, 0.717) is 30.3 Å². The second kappa shape index (κ2) is 7.88. The van der Waals surface area contributed by atoms with Gasteiger partial charge in [-0.2, -0.15) is 0 Å². The first-order valence-corrected chi connectivity index (χ1v) is 7.96. The Labute approximate surface area is 118 Å². The van der Waals surface area contributed by atoms with E-state index in [9.17, 15) is 4.79 Å². The average molecular weight is 268 g/mol. The molecule has 3 atom stereocenters. The minimum absolute atomic E-state index is 0.0188. The van der Waals surface area contributed by atoms with Crippen LogP contribution in [0.4, 0.5) is 0 Å². The molecule has 0 aromatic rings. The maximum absolute atomic E-state index is 12.4. The van der Waals surface area contributed by atoms with Gasteiger partial charge in [0.05, 0.1) is 5.92 Å². The highest BCUT2D eigenvalue weighted by Crippen LogP contribution is 2.30. The zero-order valence-corrected chi connectivity index (χ0v) is 13.1. The molecule has 112 valence electrons. The van der Waals surface area contributed by atoms with Crippen LogP contribution in [0, 0.1) is 23.7 Å². The third-order valence-corrected chi connectivity index (χ3v) is 4.41. The second-order valence-corrected chi connectivity index (χ2v) is 6.87. The van der Waals surface area contributed by atoms with E-state index in [2.05, 4.69) is 33.0 Å². The molecule has 0 bridgehead atoms. The van der Waals surface area contributed by atoms with Crippen molar-refractivity contribution in [2.45, 2.75) is 65.8 Å². The molecule has 1 saturated carbocycles. The Bertz CT molecular complexity index is 276. The maximum atomic E-state index is 12.4. The molecule has 0 aromatic heterocycles. The number of rotatable bonds is 6. The van der Waals surface area contributed by atoms with Crippen LogP contribution in [0.25, 0.3) is 0 Å². The van der Waals surface area contributed by atoms with E-state index >= 15 is 0 Å². The Hall–Kier alpha value is -0.570. The zero-order chi connectivity index (χ0) is 14.4. The van der Waals surface area contributed by atoms with E-state index in [1.54, 1.807) is 0 Å². The van der Waals surface area contributed by atoms with E-state index in [1.807, 2.05) is 0 Å². The van der Waals surface area contributed by atoms with Crippen LogP contribution in [-0.4, -0.2) is 18.5 Å². The summed E-state index contributed by atoms with van der Waals surface area (Å²) in [5, 5.41) is 3.29. The van der Waals surface area contributed by atoms with Crippen LogP contribution in [0.1, 0.15) is 59.8 Å². The second-order valence-electron chi connectivity index (χ2n) is 6.87. The van der Waals surface area contributed by atoms with Crippen molar-refractivity contribution in [3.8, 4) is 0 Å². The van der Waals surface area contributed by atoms with Gasteiger partial charge in [-0.25, -0.2) is 0 Å². The molecule has 0 saturated heterocycles. The first-order valence-electron chi connectivity index (χ1n) is 7.96. The number of carbonyl (C=O) groups is 1. The molecule has 3 heteroatoms. The summed E-state index contributed by atoms with van der Waals surface area (Å²) in [4.78, 5) is 12.4. The molecule has 3 N–H and O–H groups in total. The van der Waals surface area contributed by atoms with Crippen molar-refractivity contribution in [2.75, 3.05) is 6.54 Å². The third kappa shape index (κ3) is 5.13. The molecule has 1 aliphatic rings. The highest BCUT2D eigenvalue weighted by molar-refractivity contribution is 5.79. The summed E-state index contributed by atoms with van der Waals surface area (Å²) >= 11 is 0. The van der Waals surface area contributed by atoms with Crippen molar-refractivity contribution < 1.29 is 4.79 Å². The number of hydrogen-bond donors (Lipinski definition) is 2. The lowest BCUT2D eigenvalue weighted by molar-refractivity contribution is -0.126. The minimum Gasteiger partial charge on any atom is -0.353 e. The molecule has 0 aromatic carbocycles. The van der Waals surface area contributed by atoms with Crippen LogP contribution in [0.3, 0.4) is 0 Å². The maximum Gasteiger partial charge on any atom is 0.224 e. The molecule has 0 spiro atoms. The molecule has 0 radical (unpaired) electrons. The summed E-state index contributed by atoms with van der Waals surface area (Å²) < 4.78 is 0. The summed E-state index contributed by atoms with van der Waals surface area (Å²) in [6.07, 6.45) is 5.82.